The van der Waals surface area contributed by atoms with E-state index < -0.39 is 0 Å². The first-order valence-corrected chi connectivity index (χ1v) is 6.44. The van der Waals surface area contributed by atoms with Crippen molar-refractivity contribution in [1.82, 2.24) is 10.2 Å². The van der Waals surface area contributed by atoms with Gasteiger partial charge in [-0.2, -0.15) is 0 Å². The Kier molecular flexibility index (Phi) is 4.55. The van der Waals surface area contributed by atoms with Gasteiger partial charge in [0.25, 0.3) is 0 Å². The molecule has 0 radical (unpaired) electrons. The van der Waals surface area contributed by atoms with E-state index in [1.807, 2.05) is 12.1 Å². The summed E-state index contributed by atoms with van der Waals surface area (Å²) in [6, 6.07) is 5.81. The number of hydrogen-bond donors (Lipinski definition) is 1. The molecule has 2 rings (SSSR count). The third kappa shape index (κ3) is 3.00. The number of likely N-dealkylation sites (N-methyl/N-ethyl adjacent to an activating group) is 1. The van der Waals surface area contributed by atoms with Crippen molar-refractivity contribution in [3.8, 4) is 5.75 Å². The number of rotatable bonds is 4. The number of benzene rings is 1. The van der Waals surface area contributed by atoms with E-state index in [0.29, 0.717) is 23.9 Å². The fourth-order valence-electron chi connectivity index (χ4n) is 2.44. The molecule has 1 heterocycles. The van der Waals surface area contributed by atoms with Crippen LogP contribution in [0.15, 0.2) is 18.2 Å². The first kappa shape index (κ1) is 13.3. The molecule has 1 saturated heterocycles. The maximum atomic E-state index is 14.0. The summed E-state index contributed by atoms with van der Waals surface area (Å²) in [5.41, 5.74) is 0.697. The van der Waals surface area contributed by atoms with Gasteiger partial charge in [-0.1, -0.05) is 12.1 Å². The van der Waals surface area contributed by atoms with E-state index in [2.05, 4.69) is 17.3 Å². The van der Waals surface area contributed by atoms with Gasteiger partial charge < -0.3 is 10.1 Å². The van der Waals surface area contributed by atoms with Gasteiger partial charge in [-0.25, -0.2) is 4.39 Å². The zero-order chi connectivity index (χ0) is 13.0. The average Bonchev–Trinajstić information content (AvgIpc) is 2.42. The molecule has 4 heteroatoms. The van der Waals surface area contributed by atoms with E-state index in [0.717, 1.165) is 13.1 Å². The van der Waals surface area contributed by atoms with Crippen molar-refractivity contribution in [3.63, 3.8) is 0 Å². The SMILES string of the molecule is COc1cccc(CN(C)C2CCCNC2)c1F. The number of nitrogens with zero attached hydrogens (tertiary/aromatic N) is 1. The molecule has 0 saturated carbocycles. The molecule has 1 aromatic carbocycles. The van der Waals surface area contributed by atoms with E-state index in [9.17, 15) is 4.39 Å². The van der Waals surface area contributed by atoms with E-state index in [1.54, 1.807) is 6.07 Å². The Hall–Kier alpha value is -1.13. The summed E-state index contributed by atoms with van der Waals surface area (Å²) < 4.78 is 19.0. The highest BCUT2D eigenvalue weighted by Gasteiger charge is 2.19. The highest BCUT2D eigenvalue weighted by atomic mass is 19.1. The van der Waals surface area contributed by atoms with Crippen molar-refractivity contribution < 1.29 is 9.13 Å². The predicted octanol–water partition coefficient (Wildman–Crippen LogP) is 2.02. The number of piperidine rings is 1. The van der Waals surface area contributed by atoms with Gasteiger partial charge in [0.15, 0.2) is 11.6 Å². The Bertz CT molecular complexity index is 391. The maximum absolute atomic E-state index is 14.0. The summed E-state index contributed by atoms with van der Waals surface area (Å²) in [6.07, 6.45) is 2.37. The molecule has 1 aliphatic heterocycles. The Morgan fingerprint density at radius 2 is 2.33 bits per heavy atom. The first-order chi connectivity index (χ1) is 8.72. The lowest BCUT2D eigenvalue weighted by molar-refractivity contribution is 0.193. The molecule has 0 aromatic heterocycles. The minimum Gasteiger partial charge on any atom is -0.494 e. The van der Waals surface area contributed by atoms with Crippen molar-refractivity contribution in [1.29, 1.82) is 0 Å². The van der Waals surface area contributed by atoms with Crippen LogP contribution in [-0.2, 0) is 6.54 Å². The summed E-state index contributed by atoms with van der Waals surface area (Å²) in [4.78, 5) is 2.21. The van der Waals surface area contributed by atoms with E-state index in [-0.39, 0.29) is 5.82 Å². The Labute approximate surface area is 108 Å². The van der Waals surface area contributed by atoms with Gasteiger partial charge in [-0.05, 0) is 32.5 Å². The molecule has 1 unspecified atom stereocenters. The van der Waals surface area contributed by atoms with Crippen LogP contribution in [-0.4, -0.2) is 38.2 Å². The van der Waals surface area contributed by atoms with Crippen LogP contribution in [0.5, 0.6) is 5.75 Å². The molecule has 3 nitrogen and oxygen atoms in total. The molecule has 0 aliphatic carbocycles. The van der Waals surface area contributed by atoms with Crippen LogP contribution in [0.1, 0.15) is 18.4 Å². The van der Waals surface area contributed by atoms with Gasteiger partial charge in [-0.3, -0.25) is 4.90 Å². The summed E-state index contributed by atoms with van der Waals surface area (Å²) in [5.74, 6) is 0.0817. The van der Waals surface area contributed by atoms with Gasteiger partial charge in [0.1, 0.15) is 0 Å². The van der Waals surface area contributed by atoms with Gasteiger partial charge >= 0.3 is 0 Å². The molecule has 1 N–H and O–H groups in total. The van der Waals surface area contributed by atoms with Crippen LogP contribution in [0.25, 0.3) is 0 Å². The molecule has 1 fully saturated rings. The molecule has 1 aromatic rings. The van der Waals surface area contributed by atoms with Crippen LogP contribution < -0.4 is 10.1 Å². The lowest BCUT2D eigenvalue weighted by Gasteiger charge is -2.31. The quantitative estimate of drug-likeness (QED) is 0.887. The highest BCUT2D eigenvalue weighted by Crippen LogP contribution is 2.22. The van der Waals surface area contributed by atoms with Crippen LogP contribution in [0.3, 0.4) is 0 Å². The number of methoxy groups -OCH3 is 1. The highest BCUT2D eigenvalue weighted by molar-refractivity contribution is 5.31. The summed E-state index contributed by atoms with van der Waals surface area (Å²) in [6.45, 7) is 2.70. The molecule has 1 aliphatic rings. The number of hydrogen-bond acceptors (Lipinski definition) is 3. The third-order valence-corrected chi connectivity index (χ3v) is 3.58. The largest absolute Gasteiger partial charge is 0.494 e. The van der Waals surface area contributed by atoms with Crippen molar-refractivity contribution >= 4 is 0 Å². The van der Waals surface area contributed by atoms with Gasteiger partial charge in [0.2, 0.25) is 0 Å². The van der Waals surface area contributed by atoms with Crippen LogP contribution in [0.4, 0.5) is 4.39 Å². The lowest BCUT2D eigenvalue weighted by atomic mass is 10.1. The Balaban J connectivity index is 2.04. The van der Waals surface area contributed by atoms with Crippen molar-refractivity contribution in [2.75, 3.05) is 27.2 Å². The molecule has 0 amide bonds. The standard InChI is InChI=1S/C14H21FN2O/c1-17(12-6-4-8-16-9-12)10-11-5-3-7-13(18-2)14(11)15/h3,5,7,12,16H,4,6,8-10H2,1-2H3. The summed E-state index contributed by atoms with van der Waals surface area (Å²) >= 11 is 0. The lowest BCUT2D eigenvalue weighted by Crippen LogP contribution is -2.43. The van der Waals surface area contributed by atoms with Crippen molar-refractivity contribution in [2.24, 2.45) is 0 Å². The number of nitrogens with one attached hydrogen (secondary N) is 1. The van der Waals surface area contributed by atoms with Crippen LogP contribution in [0, 0.1) is 5.82 Å². The fourth-order valence-corrected chi connectivity index (χ4v) is 2.44. The van der Waals surface area contributed by atoms with E-state index in [1.165, 1.54) is 20.0 Å². The Morgan fingerprint density at radius 1 is 1.50 bits per heavy atom. The smallest absolute Gasteiger partial charge is 0.169 e. The van der Waals surface area contributed by atoms with Gasteiger partial charge in [0.05, 0.1) is 7.11 Å². The predicted molar refractivity (Wildman–Crippen MR) is 70.3 cm³/mol. The number of ether oxygens (including phenoxy) is 1. The van der Waals surface area contributed by atoms with Gasteiger partial charge in [0, 0.05) is 24.7 Å². The first-order valence-electron chi connectivity index (χ1n) is 6.44. The second kappa shape index (κ2) is 6.16. The third-order valence-electron chi connectivity index (χ3n) is 3.58. The van der Waals surface area contributed by atoms with Crippen molar-refractivity contribution in [2.45, 2.75) is 25.4 Å². The normalized spacial score (nSPS) is 20.1. The van der Waals surface area contributed by atoms with Crippen molar-refractivity contribution in [3.05, 3.63) is 29.6 Å². The molecule has 1 atom stereocenters. The molecule has 100 valence electrons. The van der Waals surface area contributed by atoms with Gasteiger partial charge in [-0.15, -0.1) is 0 Å². The summed E-state index contributed by atoms with van der Waals surface area (Å²) in [5, 5.41) is 3.38. The second-order valence-electron chi connectivity index (χ2n) is 4.85. The Morgan fingerprint density at radius 3 is 3.00 bits per heavy atom. The molecular formula is C14H21FN2O. The molecule has 0 spiro atoms. The minimum atomic E-state index is -0.240. The zero-order valence-corrected chi connectivity index (χ0v) is 11.1. The van der Waals surface area contributed by atoms with Crippen LogP contribution in [0.2, 0.25) is 0 Å². The second-order valence-corrected chi connectivity index (χ2v) is 4.85. The van der Waals surface area contributed by atoms with E-state index in [4.69, 9.17) is 4.74 Å². The number of halogens is 1. The maximum Gasteiger partial charge on any atom is 0.169 e. The molecule has 18 heavy (non-hydrogen) atoms. The minimum absolute atomic E-state index is 0.240. The summed E-state index contributed by atoms with van der Waals surface area (Å²) in [7, 11) is 3.55. The van der Waals surface area contributed by atoms with Crippen LogP contribution >= 0.6 is 0 Å². The monoisotopic (exact) mass is 252 g/mol. The fraction of sp³-hybridized carbons (Fsp3) is 0.571. The van der Waals surface area contributed by atoms with E-state index >= 15 is 0 Å². The molecular weight excluding hydrogens is 231 g/mol. The molecule has 0 bridgehead atoms. The zero-order valence-electron chi connectivity index (χ0n) is 11.1. The average molecular weight is 252 g/mol. The topological polar surface area (TPSA) is 24.5 Å².